The van der Waals surface area contributed by atoms with Crippen molar-refractivity contribution in [1.29, 1.82) is 0 Å². The van der Waals surface area contributed by atoms with Gasteiger partial charge in [-0.25, -0.2) is 8.42 Å². The van der Waals surface area contributed by atoms with Crippen LogP contribution in [0.5, 0.6) is 0 Å². The first kappa shape index (κ1) is 34.4. The molecule has 0 saturated carbocycles. The average Bonchev–Trinajstić information content (AvgIpc) is 2.88. The first-order valence-electron chi connectivity index (χ1n) is 14.0. The number of amides is 2. The second-order valence-corrected chi connectivity index (χ2v) is 15.5. The molecule has 3 aromatic carbocycles. The van der Waals surface area contributed by atoms with Crippen molar-refractivity contribution < 1.29 is 18.0 Å². The zero-order valence-corrected chi connectivity index (χ0v) is 28.1. The van der Waals surface area contributed by atoms with Gasteiger partial charge in [0.05, 0.1) is 11.9 Å². The Morgan fingerprint density at radius 2 is 1.49 bits per heavy atom. The molecule has 1 N–H and O–H groups in total. The minimum absolute atomic E-state index is 0.0372. The van der Waals surface area contributed by atoms with Gasteiger partial charge in [0.25, 0.3) is 0 Å². The molecule has 0 aromatic heterocycles. The highest BCUT2D eigenvalue weighted by Gasteiger charge is 2.34. The summed E-state index contributed by atoms with van der Waals surface area (Å²) >= 11 is 12.7. The topological polar surface area (TPSA) is 86.8 Å². The van der Waals surface area contributed by atoms with E-state index in [0.717, 1.165) is 21.7 Å². The van der Waals surface area contributed by atoms with E-state index in [-0.39, 0.29) is 24.3 Å². The Bertz CT molecular complexity index is 1530. The van der Waals surface area contributed by atoms with E-state index in [1.165, 1.54) is 4.90 Å². The molecule has 0 fully saturated rings. The smallest absolute Gasteiger partial charge is 0.244 e. The van der Waals surface area contributed by atoms with E-state index in [1.54, 1.807) is 30.3 Å². The molecule has 43 heavy (non-hydrogen) atoms. The number of sulfonamides is 1. The standard InChI is InChI=1S/C33H41Cl2N3O4S/c1-32(2,3)25-14-17-27(18-15-25)38(43(7,41)42)22-30(39)37(21-24-13-16-26(34)20-28(24)35)29(31(40)36-33(4,5)6)19-23-11-9-8-10-12-23/h8-18,20,29H,19,21-22H2,1-7H3,(H,36,40)/t29-/m1/s1. The largest absolute Gasteiger partial charge is 0.350 e. The summed E-state index contributed by atoms with van der Waals surface area (Å²) in [5, 5.41) is 3.76. The molecule has 3 rings (SSSR count). The number of nitrogens with zero attached hydrogens (tertiary/aromatic N) is 2. The van der Waals surface area contributed by atoms with Crippen molar-refractivity contribution >= 4 is 50.7 Å². The van der Waals surface area contributed by atoms with Crippen LogP contribution in [0.2, 0.25) is 10.0 Å². The highest BCUT2D eigenvalue weighted by Crippen LogP contribution is 2.28. The molecule has 232 valence electrons. The summed E-state index contributed by atoms with van der Waals surface area (Å²) in [5.74, 6) is -0.920. The van der Waals surface area contributed by atoms with Gasteiger partial charge in [-0.2, -0.15) is 0 Å². The molecule has 0 aliphatic rings. The van der Waals surface area contributed by atoms with Gasteiger partial charge in [0.1, 0.15) is 12.6 Å². The van der Waals surface area contributed by atoms with Crippen LogP contribution in [0.1, 0.15) is 58.2 Å². The lowest BCUT2D eigenvalue weighted by Crippen LogP contribution is -2.56. The van der Waals surface area contributed by atoms with Crippen molar-refractivity contribution in [3.8, 4) is 0 Å². The van der Waals surface area contributed by atoms with Gasteiger partial charge in [0.2, 0.25) is 21.8 Å². The number of carbonyl (C=O) groups is 2. The lowest BCUT2D eigenvalue weighted by atomic mass is 9.87. The minimum atomic E-state index is -3.87. The molecule has 0 aliphatic heterocycles. The predicted octanol–water partition coefficient (Wildman–Crippen LogP) is 6.61. The average molecular weight is 647 g/mol. The molecule has 3 aromatic rings. The summed E-state index contributed by atoms with van der Waals surface area (Å²) in [7, 11) is -3.87. The third kappa shape index (κ3) is 9.98. The van der Waals surface area contributed by atoms with Crippen molar-refractivity contribution in [2.45, 2.75) is 71.5 Å². The molecule has 7 nitrogen and oxygen atoms in total. The van der Waals surface area contributed by atoms with E-state index in [1.807, 2.05) is 63.2 Å². The van der Waals surface area contributed by atoms with Crippen LogP contribution in [0, 0.1) is 0 Å². The summed E-state index contributed by atoms with van der Waals surface area (Å²) in [5.41, 5.74) is 2.08. The Labute approximate surface area is 266 Å². The minimum Gasteiger partial charge on any atom is -0.350 e. The molecule has 0 saturated heterocycles. The van der Waals surface area contributed by atoms with Gasteiger partial charge in [-0.15, -0.1) is 0 Å². The Morgan fingerprint density at radius 3 is 2.00 bits per heavy atom. The van der Waals surface area contributed by atoms with E-state index < -0.39 is 34.1 Å². The molecule has 0 spiro atoms. The van der Waals surface area contributed by atoms with E-state index in [4.69, 9.17) is 23.2 Å². The lowest BCUT2D eigenvalue weighted by Gasteiger charge is -2.35. The summed E-state index contributed by atoms with van der Waals surface area (Å²) < 4.78 is 27.2. The molecule has 0 bridgehead atoms. The van der Waals surface area contributed by atoms with Gasteiger partial charge < -0.3 is 10.2 Å². The van der Waals surface area contributed by atoms with Gasteiger partial charge in [-0.05, 0) is 67.1 Å². The van der Waals surface area contributed by atoms with Crippen molar-refractivity contribution in [2.75, 3.05) is 17.1 Å². The summed E-state index contributed by atoms with van der Waals surface area (Å²) in [6, 6.07) is 20.4. The van der Waals surface area contributed by atoms with Crippen LogP contribution in [0.4, 0.5) is 5.69 Å². The van der Waals surface area contributed by atoms with Gasteiger partial charge in [0.15, 0.2) is 0 Å². The number of carbonyl (C=O) groups excluding carboxylic acids is 2. The molecule has 1 atom stereocenters. The monoisotopic (exact) mass is 645 g/mol. The van der Waals surface area contributed by atoms with Crippen LogP contribution in [-0.4, -0.2) is 49.5 Å². The number of hydrogen-bond donors (Lipinski definition) is 1. The van der Waals surface area contributed by atoms with Gasteiger partial charge in [-0.1, -0.05) is 92.5 Å². The van der Waals surface area contributed by atoms with Gasteiger partial charge >= 0.3 is 0 Å². The maximum Gasteiger partial charge on any atom is 0.244 e. The maximum absolute atomic E-state index is 14.3. The van der Waals surface area contributed by atoms with Crippen LogP contribution in [0.3, 0.4) is 0 Å². The SMILES string of the molecule is CC(C)(C)NC(=O)[C@@H](Cc1ccccc1)N(Cc1ccc(Cl)cc1Cl)C(=O)CN(c1ccc(C(C)(C)C)cc1)S(C)(=O)=O. The van der Waals surface area contributed by atoms with Crippen LogP contribution >= 0.6 is 23.2 Å². The molecule has 0 radical (unpaired) electrons. The second kappa shape index (κ2) is 13.7. The number of anilines is 1. The number of hydrogen-bond acceptors (Lipinski definition) is 4. The van der Waals surface area contributed by atoms with Crippen LogP contribution in [0.25, 0.3) is 0 Å². The van der Waals surface area contributed by atoms with Crippen molar-refractivity contribution in [3.63, 3.8) is 0 Å². The molecular formula is C33H41Cl2N3O4S. The van der Waals surface area contributed by atoms with Crippen molar-refractivity contribution in [2.24, 2.45) is 0 Å². The molecule has 0 heterocycles. The Balaban J connectivity index is 2.10. The van der Waals surface area contributed by atoms with E-state index in [2.05, 4.69) is 26.1 Å². The predicted molar refractivity (Wildman–Crippen MR) is 176 cm³/mol. The van der Waals surface area contributed by atoms with Crippen molar-refractivity contribution in [1.82, 2.24) is 10.2 Å². The Kier molecular flexibility index (Phi) is 11.0. The third-order valence-electron chi connectivity index (χ3n) is 6.83. The van der Waals surface area contributed by atoms with Crippen LogP contribution in [-0.2, 0) is 38.0 Å². The fourth-order valence-electron chi connectivity index (χ4n) is 4.58. The van der Waals surface area contributed by atoms with Crippen LogP contribution < -0.4 is 9.62 Å². The number of benzene rings is 3. The highest BCUT2D eigenvalue weighted by molar-refractivity contribution is 7.92. The molecule has 0 aliphatic carbocycles. The normalized spacial score (nSPS) is 12.9. The first-order chi connectivity index (χ1) is 19.8. The van der Waals surface area contributed by atoms with E-state index in [0.29, 0.717) is 21.3 Å². The van der Waals surface area contributed by atoms with Gasteiger partial charge in [0, 0.05) is 28.5 Å². The number of halogens is 2. The summed E-state index contributed by atoms with van der Waals surface area (Å²) in [6.45, 7) is 11.2. The molecule has 0 unspecified atom stereocenters. The van der Waals surface area contributed by atoms with Gasteiger partial charge in [-0.3, -0.25) is 13.9 Å². The maximum atomic E-state index is 14.3. The third-order valence-corrected chi connectivity index (χ3v) is 8.55. The summed E-state index contributed by atoms with van der Waals surface area (Å²) in [6.07, 6.45) is 1.27. The molecule has 10 heteroatoms. The first-order valence-corrected chi connectivity index (χ1v) is 16.6. The van der Waals surface area contributed by atoms with E-state index >= 15 is 0 Å². The highest BCUT2D eigenvalue weighted by atomic mass is 35.5. The molecule has 2 amide bonds. The number of rotatable bonds is 10. The van der Waals surface area contributed by atoms with Crippen molar-refractivity contribution in [3.05, 3.63) is 99.5 Å². The summed E-state index contributed by atoms with van der Waals surface area (Å²) in [4.78, 5) is 29.5. The number of nitrogens with one attached hydrogen (secondary N) is 1. The fraction of sp³-hybridized carbons (Fsp3) is 0.394. The zero-order chi connectivity index (χ0) is 32.2. The van der Waals surface area contributed by atoms with Crippen LogP contribution in [0.15, 0.2) is 72.8 Å². The Hall–Kier alpha value is -3.07. The lowest BCUT2D eigenvalue weighted by molar-refractivity contribution is -0.140. The quantitative estimate of drug-likeness (QED) is 0.269. The fourth-order valence-corrected chi connectivity index (χ4v) is 5.90. The Morgan fingerprint density at radius 1 is 0.884 bits per heavy atom. The zero-order valence-electron chi connectivity index (χ0n) is 25.8. The molecular weight excluding hydrogens is 605 g/mol. The van der Waals surface area contributed by atoms with E-state index in [9.17, 15) is 18.0 Å². The second-order valence-electron chi connectivity index (χ2n) is 12.8.